The second kappa shape index (κ2) is 6.11. The Morgan fingerprint density at radius 3 is 2.61 bits per heavy atom. The van der Waals surface area contributed by atoms with Gasteiger partial charge in [-0.25, -0.2) is 17.9 Å². The Morgan fingerprint density at radius 2 is 2.00 bits per heavy atom. The molecular formula is C17H19N5O5S. The molecule has 0 atom stereocenters. The van der Waals surface area contributed by atoms with Crippen molar-refractivity contribution in [3.05, 3.63) is 50.8 Å². The second-order valence-corrected chi connectivity index (χ2v) is 9.00. The largest absolute Gasteiger partial charge is 0.337 e. The third kappa shape index (κ3) is 3.16. The van der Waals surface area contributed by atoms with Gasteiger partial charge in [0.05, 0.1) is 15.8 Å². The summed E-state index contributed by atoms with van der Waals surface area (Å²) in [6, 6.07) is 4.14. The predicted octanol–water partition coefficient (Wildman–Crippen LogP) is 0.271. The molecule has 0 unspecified atom stereocenters. The van der Waals surface area contributed by atoms with Crippen molar-refractivity contribution in [2.24, 2.45) is 7.05 Å². The summed E-state index contributed by atoms with van der Waals surface area (Å²) in [6.45, 7) is 3.25. The Bertz CT molecular complexity index is 1310. The van der Waals surface area contributed by atoms with Gasteiger partial charge < -0.3 is 4.52 Å². The zero-order valence-corrected chi connectivity index (χ0v) is 16.4. The Morgan fingerprint density at radius 1 is 1.29 bits per heavy atom. The molecular weight excluding hydrogens is 386 g/mol. The molecule has 28 heavy (non-hydrogen) atoms. The summed E-state index contributed by atoms with van der Waals surface area (Å²) in [6.07, 6.45) is 1.54. The summed E-state index contributed by atoms with van der Waals surface area (Å²) in [4.78, 5) is 29.5. The topological polar surface area (TPSA) is 129 Å². The third-order valence-electron chi connectivity index (χ3n) is 4.88. The number of fused-ring (bicyclic) bond motifs is 1. The number of rotatable bonds is 5. The molecule has 2 heterocycles. The van der Waals surface area contributed by atoms with Gasteiger partial charge in [-0.15, -0.1) is 0 Å². The predicted molar refractivity (Wildman–Crippen MR) is 99.5 cm³/mol. The minimum absolute atomic E-state index is 0.0240. The molecule has 2 aromatic heterocycles. The molecule has 1 aromatic carbocycles. The minimum atomic E-state index is -3.78. The molecule has 1 N–H and O–H groups in total. The summed E-state index contributed by atoms with van der Waals surface area (Å²) in [5.74, 6) is 0.497. The first kappa shape index (κ1) is 18.6. The molecule has 10 nitrogen and oxygen atoms in total. The van der Waals surface area contributed by atoms with Crippen LogP contribution >= 0.6 is 0 Å². The van der Waals surface area contributed by atoms with Crippen molar-refractivity contribution in [1.29, 1.82) is 0 Å². The van der Waals surface area contributed by atoms with Gasteiger partial charge in [0.1, 0.15) is 6.54 Å². The molecule has 0 saturated heterocycles. The van der Waals surface area contributed by atoms with Crippen LogP contribution in [0.5, 0.6) is 0 Å². The number of hydrogen-bond acceptors (Lipinski definition) is 7. The maximum atomic E-state index is 12.9. The normalized spacial score (nSPS) is 15.8. The summed E-state index contributed by atoms with van der Waals surface area (Å²) in [5.41, 5.74) is -1.28. The smallest absolute Gasteiger partial charge is 0.331 e. The fourth-order valence-electron chi connectivity index (χ4n) is 3.01. The number of hydrogen-bond donors (Lipinski definition) is 1. The van der Waals surface area contributed by atoms with Crippen LogP contribution in [0.3, 0.4) is 0 Å². The third-order valence-corrected chi connectivity index (χ3v) is 6.51. The van der Waals surface area contributed by atoms with Crippen molar-refractivity contribution in [3.8, 4) is 0 Å². The van der Waals surface area contributed by atoms with Crippen molar-refractivity contribution in [1.82, 2.24) is 24.0 Å². The van der Waals surface area contributed by atoms with Gasteiger partial charge in [0.25, 0.3) is 5.56 Å². The molecule has 0 aliphatic heterocycles. The maximum Gasteiger partial charge on any atom is 0.331 e. The van der Waals surface area contributed by atoms with Gasteiger partial charge in [-0.2, -0.15) is 4.98 Å². The van der Waals surface area contributed by atoms with Crippen LogP contribution in [-0.2, 0) is 23.6 Å². The molecule has 0 amide bonds. The Kier molecular flexibility index (Phi) is 4.05. The molecule has 148 valence electrons. The second-order valence-electron chi connectivity index (χ2n) is 7.31. The van der Waals surface area contributed by atoms with Crippen molar-refractivity contribution in [3.63, 3.8) is 0 Å². The average molecular weight is 405 g/mol. The zero-order valence-electron chi connectivity index (χ0n) is 15.6. The summed E-state index contributed by atoms with van der Waals surface area (Å²) in [5, 5.41) is 3.76. The molecule has 1 saturated carbocycles. The first-order chi connectivity index (χ1) is 13.1. The van der Waals surface area contributed by atoms with Crippen molar-refractivity contribution < 1.29 is 12.9 Å². The van der Waals surface area contributed by atoms with Gasteiger partial charge >= 0.3 is 5.69 Å². The lowest BCUT2D eigenvalue weighted by Crippen LogP contribution is -2.39. The lowest BCUT2D eigenvalue weighted by Gasteiger charge is -2.14. The Labute approximate surface area is 159 Å². The molecule has 4 rings (SSSR count). The molecule has 1 fully saturated rings. The lowest BCUT2D eigenvalue weighted by atomic mass is 10.2. The molecule has 11 heteroatoms. The average Bonchev–Trinajstić information content (AvgIpc) is 3.20. The Balaban J connectivity index is 1.86. The number of benzene rings is 1. The van der Waals surface area contributed by atoms with Crippen LogP contribution in [0, 0.1) is 6.92 Å². The molecule has 1 aliphatic carbocycles. The van der Waals surface area contributed by atoms with Crippen LogP contribution in [0.15, 0.2) is 37.2 Å². The molecule has 3 aromatic rings. The highest BCUT2D eigenvalue weighted by Gasteiger charge is 2.41. The van der Waals surface area contributed by atoms with E-state index in [1.807, 2.05) is 6.92 Å². The monoisotopic (exact) mass is 405 g/mol. The van der Waals surface area contributed by atoms with Crippen LogP contribution in [-0.4, -0.2) is 33.2 Å². The lowest BCUT2D eigenvalue weighted by molar-refractivity contribution is 0.363. The first-order valence-corrected chi connectivity index (χ1v) is 10.1. The van der Waals surface area contributed by atoms with E-state index >= 15 is 0 Å². The standard InChI is InChI=1S/C17H19N5O5S/c1-10-18-14(27-19-10)9-22-15(23)12-8-11(4-5-13(12)21(3)16(22)24)28(25,26)20-17(2)6-7-17/h4-5,8,20H,6-7,9H2,1-3H3. The summed E-state index contributed by atoms with van der Waals surface area (Å²) < 4.78 is 35.2. The maximum absolute atomic E-state index is 12.9. The molecule has 0 spiro atoms. The van der Waals surface area contributed by atoms with E-state index in [0.717, 1.165) is 17.4 Å². The summed E-state index contributed by atoms with van der Waals surface area (Å²) in [7, 11) is -2.27. The molecule has 0 radical (unpaired) electrons. The van der Waals surface area contributed by atoms with Crippen LogP contribution in [0.4, 0.5) is 0 Å². The Hall–Kier alpha value is -2.79. The molecule has 1 aliphatic rings. The summed E-state index contributed by atoms with van der Waals surface area (Å²) >= 11 is 0. The van der Waals surface area contributed by atoms with Gasteiger partial charge in [0, 0.05) is 12.6 Å². The van der Waals surface area contributed by atoms with Gasteiger partial charge in [-0.1, -0.05) is 5.16 Å². The number of nitrogens with zero attached hydrogens (tertiary/aromatic N) is 4. The van der Waals surface area contributed by atoms with Gasteiger partial charge in [0.15, 0.2) is 5.82 Å². The van der Waals surface area contributed by atoms with Gasteiger partial charge in [0.2, 0.25) is 15.9 Å². The van der Waals surface area contributed by atoms with E-state index in [-0.39, 0.29) is 22.7 Å². The van der Waals surface area contributed by atoms with Crippen molar-refractivity contribution >= 4 is 20.9 Å². The number of nitrogens with one attached hydrogen (secondary N) is 1. The van der Waals surface area contributed by atoms with Crippen LogP contribution in [0.25, 0.3) is 10.9 Å². The van der Waals surface area contributed by atoms with Crippen LogP contribution in [0.2, 0.25) is 0 Å². The van der Waals surface area contributed by atoms with Crippen LogP contribution in [0.1, 0.15) is 31.5 Å². The zero-order chi connectivity index (χ0) is 20.3. The van der Waals surface area contributed by atoms with E-state index in [1.165, 1.54) is 29.8 Å². The van der Waals surface area contributed by atoms with Crippen LogP contribution < -0.4 is 16.0 Å². The van der Waals surface area contributed by atoms with Gasteiger partial charge in [-0.05, 0) is 44.9 Å². The fourth-order valence-corrected chi connectivity index (χ4v) is 4.51. The van der Waals surface area contributed by atoms with E-state index in [0.29, 0.717) is 11.3 Å². The van der Waals surface area contributed by atoms with Crippen molar-refractivity contribution in [2.45, 2.75) is 43.7 Å². The number of aromatic nitrogens is 4. The SMILES string of the molecule is Cc1noc(Cn2c(=O)c3cc(S(=O)(=O)NC4(C)CC4)ccc3n(C)c2=O)n1. The first-order valence-electron chi connectivity index (χ1n) is 8.66. The highest BCUT2D eigenvalue weighted by Crippen LogP contribution is 2.36. The number of aryl methyl sites for hydroxylation is 2. The van der Waals surface area contributed by atoms with Crippen molar-refractivity contribution in [2.75, 3.05) is 0 Å². The van der Waals surface area contributed by atoms with E-state index in [9.17, 15) is 18.0 Å². The highest BCUT2D eigenvalue weighted by molar-refractivity contribution is 7.89. The molecule has 0 bridgehead atoms. The minimum Gasteiger partial charge on any atom is -0.337 e. The quantitative estimate of drug-likeness (QED) is 0.645. The van der Waals surface area contributed by atoms with E-state index in [4.69, 9.17) is 4.52 Å². The van der Waals surface area contributed by atoms with Gasteiger partial charge in [-0.3, -0.25) is 13.9 Å². The fraction of sp³-hybridized carbons (Fsp3) is 0.412. The highest BCUT2D eigenvalue weighted by atomic mass is 32.2. The van der Waals surface area contributed by atoms with E-state index < -0.39 is 26.8 Å². The van der Waals surface area contributed by atoms with E-state index in [2.05, 4.69) is 14.9 Å². The number of sulfonamides is 1. The van der Waals surface area contributed by atoms with E-state index in [1.54, 1.807) is 6.92 Å².